The number of amides is 1. The Morgan fingerprint density at radius 3 is 2.48 bits per heavy atom. The van der Waals surface area contributed by atoms with Gasteiger partial charge >= 0.3 is 0 Å². The molecule has 7 heteroatoms. The monoisotopic (exact) mass is 399 g/mol. The molecule has 1 aromatic heterocycles. The van der Waals surface area contributed by atoms with Gasteiger partial charge in [-0.3, -0.25) is 4.79 Å². The van der Waals surface area contributed by atoms with Crippen LogP contribution >= 0.6 is 0 Å². The molecule has 2 fully saturated rings. The summed E-state index contributed by atoms with van der Waals surface area (Å²) in [6.45, 7) is 3.89. The maximum absolute atomic E-state index is 13.2. The third-order valence-electron chi connectivity index (χ3n) is 5.81. The Bertz CT molecular complexity index is 831. The van der Waals surface area contributed by atoms with Gasteiger partial charge in [-0.15, -0.1) is 0 Å². The first-order chi connectivity index (χ1) is 14.1. The molecule has 29 heavy (non-hydrogen) atoms. The van der Waals surface area contributed by atoms with Crippen molar-refractivity contribution in [1.29, 1.82) is 0 Å². The van der Waals surface area contributed by atoms with Crippen molar-refractivity contribution in [2.45, 2.75) is 18.9 Å². The maximum Gasteiger partial charge on any atom is 0.257 e. The van der Waals surface area contributed by atoms with E-state index in [-0.39, 0.29) is 17.6 Å². The fourth-order valence-corrected chi connectivity index (χ4v) is 4.11. The van der Waals surface area contributed by atoms with Crippen molar-refractivity contribution < 1.29 is 19.0 Å². The van der Waals surface area contributed by atoms with Crippen LogP contribution in [-0.4, -0.2) is 60.3 Å². The summed E-state index contributed by atoms with van der Waals surface area (Å²) >= 11 is 0. The average Bonchev–Trinajstić information content (AvgIpc) is 2.79. The summed E-state index contributed by atoms with van der Waals surface area (Å²) in [5.74, 6) is 0.439. The van der Waals surface area contributed by atoms with E-state index < -0.39 is 6.10 Å². The van der Waals surface area contributed by atoms with Gasteiger partial charge in [-0.25, -0.2) is 9.37 Å². The lowest BCUT2D eigenvalue weighted by Crippen LogP contribution is -2.42. The van der Waals surface area contributed by atoms with Crippen molar-refractivity contribution in [2.75, 3.05) is 44.3 Å². The number of ether oxygens (including phenoxy) is 1. The van der Waals surface area contributed by atoms with Gasteiger partial charge in [0.25, 0.3) is 5.91 Å². The molecule has 3 heterocycles. The highest BCUT2D eigenvalue weighted by atomic mass is 19.1. The van der Waals surface area contributed by atoms with Crippen LogP contribution in [0.25, 0.3) is 0 Å². The van der Waals surface area contributed by atoms with Crippen LogP contribution in [0.2, 0.25) is 0 Å². The molecule has 2 aliphatic heterocycles. The van der Waals surface area contributed by atoms with Crippen molar-refractivity contribution in [3.8, 4) is 0 Å². The number of carbonyl (C=O) groups excluding carboxylic acids is 1. The van der Waals surface area contributed by atoms with Crippen LogP contribution in [0, 0.1) is 11.7 Å². The van der Waals surface area contributed by atoms with Crippen molar-refractivity contribution in [3.63, 3.8) is 0 Å². The fourth-order valence-electron chi connectivity index (χ4n) is 4.11. The summed E-state index contributed by atoms with van der Waals surface area (Å²) in [4.78, 5) is 21.6. The third-order valence-corrected chi connectivity index (χ3v) is 5.81. The molecule has 0 bridgehead atoms. The molecule has 4 rings (SSSR count). The molecule has 1 aromatic carbocycles. The number of nitrogens with zero attached hydrogens (tertiary/aromatic N) is 3. The van der Waals surface area contributed by atoms with Gasteiger partial charge in [0.05, 0.1) is 24.9 Å². The molecule has 0 spiro atoms. The molecule has 1 amide bonds. The smallest absolute Gasteiger partial charge is 0.257 e. The standard InChI is InChI=1S/C22H26FN3O3/c23-18-5-3-16(4-6-18)20(27)17-7-10-26(11-8-17)22(28)19-2-1-9-24-21(19)25-12-14-29-15-13-25/h1-6,9,17,20,27H,7-8,10-15H2. The van der Waals surface area contributed by atoms with Gasteiger partial charge in [0.15, 0.2) is 0 Å². The molecule has 0 radical (unpaired) electrons. The number of piperidine rings is 1. The van der Waals surface area contributed by atoms with Crippen molar-refractivity contribution in [2.24, 2.45) is 5.92 Å². The number of aromatic nitrogens is 1. The number of benzene rings is 1. The summed E-state index contributed by atoms with van der Waals surface area (Å²) in [6, 6.07) is 9.62. The molecule has 1 unspecified atom stereocenters. The van der Waals surface area contributed by atoms with Crippen LogP contribution in [-0.2, 0) is 4.74 Å². The summed E-state index contributed by atoms with van der Waals surface area (Å²) in [6.07, 6.45) is 2.48. The molecule has 2 saturated heterocycles. The third kappa shape index (κ3) is 4.41. The van der Waals surface area contributed by atoms with Crippen LogP contribution in [0.4, 0.5) is 10.2 Å². The largest absolute Gasteiger partial charge is 0.388 e. The minimum absolute atomic E-state index is 0.0192. The number of halogens is 1. The predicted octanol–water partition coefficient (Wildman–Crippen LogP) is 2.64. The van der Waals surface area contributed by atoms with E-state index in [9.17, 15) is 14.3 Å². The molecule has 0 saturated carbocycles. The van der Waals surface area contributed by atoms with Crippen LogP contribution < -0.4 is 4.90 Å². The van der Waals surface area contributed by atoms with E-state index >= 15 is 0 Å². The lowest BCUT2D eigenvalue weighted by molar-refractivity contribution is 0.0462. The van der Waals surface area contributed by atoms with Crippen LogP contribution in [0.5, 0.6) is 0 Å². The van der Waals surface area contributed by atoms with E-state index in [4.69, 9.17) is 4.74 Å². The Morgan fingerprint density at radius 1 is 1.10 bits per heavy atom. The maximum atomic E-state index is 13.2. The summed E-state index contributed by atoms with van der Waals surface area (Å²) in [7, 11) is 0. The number of likely N-dealkylation sites (tertiary alicyclic amines) is 1. The molecule has 154 valence electrons. The van der Waals surface area contributed by atoms with Crippen molar-refractivity contribution >= 4 is 11.7 Å². The van der Waals surface area contributed by atoms with E-state index in [1.165, 1.54) is 12.1 Å². The first kappa shape index (κ1) is 19.8. The number of anilines is 1. The number of aliphatic hydroxyl groups is 1. The second-order valence-corrected chi connectivity index (χ2v) is 7.60. The van der Waals surface area contributed by atoms with Gasteiger partial charge in [-0.05, 0) is 48.6 Å². The van der Waals surface area contributed by atoms with Crippen molar-refractivity contribution in [3.05, 3.63) is 59.5 Å². The molecular formula is C22H26FN3O3. The Kier molecular flexibility index (Phi) is 6.06. The highest BCUT2D eigenvalue weighted by Crippen LogP contribution is 2.32. The van der Waals surface area contributed by atoms with Crippen molar-refractivity contribution in [1.82, 2.24) is 9.88 Å². The average molecular weight is 399 g/mol. The van der Waals surface area contributed by atoms with E-state index in [2.05, 4.69) is 9.88 Å². The van der Waals surface area contributed by atoms with E-state index in [0.29, 0.717) is 50.5 Å². The highest BCUT2D eigenvalue weighted by molar-refractivity contribution is 5.99. The molecular weight excluding hydrogens is 373 g/mol. The van der Waals surface area contributed by atoms with Crippen LogP contribution in [0.3, 0.4) is 0 Å². The second-order valence-electron chi connectivity index (χ2n) is 7.60. The van der Waals surface area contributed by atoms with E-state index in [1.54, 1.807) is 24.4 Å². The number of hydrogen-bond donors (Lipinski definition) is 1. The first-order valence-corrected chi connectivity index (χ1v) is 10.1. The number of aliphatic hydroxyl groups excluding tert-OH is 1. The molecule has 6 nitrogen and oxygen atoms in total. The topological polar surface area (TPSA) is 65.9 Å². The zero-order valence-electron chi connectivity index (χ0n) is 16.3. The summed E-state index contributed by atoms with van der Waals surface area (Å²) in [5, 5.41) is 10.6. The number of rotatable bonds is 4. The minimum Gasteiger partial charge on any atom is -0.388 e. The van der Waals surface area contributed by atoms with E-state index in [1.807, 2.05) is 11.0 Å². The minimum atomic E-state index is -0.643. The second kappa shape index (κ2) is 8.88. The van der Waals surface area contributed by atoms with Gasteiger partial charge in [0, 0.05) is 32.4 Å². The van der Waals surface area contributed by atoms with E-state index in [0.717, 1.165) is 18.7 Å². The number of hydrogen-bond acceptors (Lipinski definition) is 5. The number of morpholine rings is 1. The predicted molar refractivity (Wildman–Crippen MR) is 107 cm³/mol. The highest BCUT2D eigenvalue weighted by Gasteiger charge is 2.30. The first-order valence-electron chi connectivity index (χ1n) is 10.1. The number of carbonyl (C=O) groups is 1. The zero-order valence-corrected chi connectivity index (χ0v) is 16.3. The molecule has 1 N–H and O–H groups in total. The van der Waals surface area contributed by atoms with Gasteiger partial charge < -0.3 is 19.6 Å². The Balaban J connectivity index is 1.41. The van der Waals surface area contributed by atoms with Gasteiger partial charge in [-0.1, -0.05) is 12.1 Å². The molecule has 2 aliphatic rings. The lowest BCUT2D eigenvalue weighted by Gasteiger charge is -2.35. The normalized spacial score (nSPS) is 19.2. The Morgan fingerprint density at radius 2 is 1.79 bits per heavy atom. The van der Waals surface area contributed by atoms with Gasteiger partial charge in [-0.2, -0.15) is 0 Å². The van der Waals surface area contributed by atoms with Crippen LogP contribution in [0.1, 0.15) is 34.9 Å². The lowest BCUT2D eigenvalue weighted by atomic mass is 9.87. The Labute approximate surface area is 169 Å². The van der Waals surface area contributed by atoms with Crippen LogP contribution in [0.15, 0.2) is 42.6 Å². The summed E-state index contributed by atoms with van der Waals surface area (Å²) < 4.78 is 18.5. The SMILES string of the molecule is O=C(c1cccnc1N1CCOCC1)N1CCC(C(O)c2ccc(F)cc2)CC1. The quantitative estimate of drug-likeness (QED) is 0.856. The Hall–Kier alpha value is -2.51. The van der Waals surface area contributed by atoms with Gasteiger partial charge in [0.1, 0.15) is 11.6 Å². The van der Waals surface area contributed by atoms with Gasteiger partial charge in [0.2, 0.25) is 0 Å². The molecule has 0 aliphatic carbocycles. The summed E-state index contributed by atoms with van der Waals surface area (Å²) in [5.41, 5.74) is 1.34. The molecule has 2 aromatic rings. The molecule has 1 atom stereocenters. The number of pyridine rings is 1. The fraction of sp³-hybridized carbons (Fsp3) is 0.455. The zero-order chi connectivity index (χ0) is 20.2.